The maximum Gasteiger partial charge on any atom is 0.261 e. The van der Waals surface area contributed by atoms with E-state index in [0.29, 0.717) is 0 Å². The van der Waals surface area contributed by atoms with Crippen molar-refractivity contribution >= 4 is 33.2 Å². The van der Waals surface area contributed by atoms with Crippen molar-refractivity contribution in [2.45, 2.75) is 24.8 Å². The second-order valence-corrected chi connectivity index (χ2v) is 8.81. The maximum absolute atomic E-state index is 12.6. The Hall–Kier alpha value is -2.83. The van der Waals surface area contributed by atoms with E-state index in [1.807, 2.05) is 44.2 Å². The Morgan fingerprint density at radius 1 is 0.966 bits per heavy atom. The molecule has 0 unspecified atom stereocenters. The van der Waals surface area contributed by atoms with E-state index in [9.17, 15) is 13.2 Å². The zero-order valence-corrected chi connectivity index (χ0v) is 17.6. The molecule has 0 aliphatic heterocycles. The van der Waals surface area contributed by atoms with Gasteiger partial charge in [-0.1, -0.05) is 59.6 Å². The molecule has 0 saturated carbocycles. The summed E-state index contributed by atoms with van der Waals surface area (Å²) in [5.74, 6) is -0.334. The number of aryl methyl sites for hydroxylation is 1. The summed E-state index contributed by atoms with van der Waals surface area (Å²) in [6, 6.07) is 20.3. The Bertz CT molecular complexity index is 1110. The number of halogens is 1. The number of anilines is 1. The SMILES string of the molecule is Cc1ccc(S(=O)(=O)Nc2ccc(C(=O)N[C@H](C)c3ccccc3)c(Cl)c2)cc1. The number of amides is 1. The predicted molar refractivity (Wildman–Crippen MR) is 116 cm³/mol. The fourth-order valence-corrected chi connectivity index (χ4v) is 4.11. The molecule has 1 atom stereocenters. The van der Waals surface area contributed by atoms with Crippen molar-refractivity contribution in [2.75, 3.05) is 4.72 Å². The van der Waals surface area contributed by atoms with Crippen LogP contribution in [0.15, 0.2) is 77.7 Å². The Balaban J connectivity index is 1.74. The number of benzene rings is 3. The molecule has 7 heteroatoms. The summed E-state index contributed by atoms with van der Waals surface area (Å²) in [6.07, 6.45) is 0. The third-order valence-electron chi connectivity index (χ3n) is 4.44. The minimum absolute atomic E-state index is 0.151. The second kappa shape index (κ2) is 8.68. The summed E-state index contributed by atoms with van der Waals surface area (Å²) in [5, 5.41) is 3.05. The van der Waals surface area contributed by atoms with Crippen molar-refractivity contribution in [3.8, 4) is 0 Å². The highest BCUT2D eigenvalue weighted by atomic mass is 35.5. The number of hydrogen-bond acceptors (Lipinski definition) is 3. The van der Waals surface area contributed by atoms with E-state index in [0.717, 1.165) is 11.1 Å². The van der Waals surface area contributed by atoms with Gasteiger partial charge in [0.2, 0.25) is 0 Å². The number of carbonyl (C=O) groups excluding carboxylic acids is 1. The normalized spacial score (nSPS) is 12.2. The van der Waals surface area contributed by atoms with Crippen LogP contribution in [-0.2, 0) is 10.0 Å². The van der Waals surface area contributed by atoms with Gasteiger partial charge in [-0.25, -0.2) is 8.42 Å². The van der Waals surface area contributed by atoms with Crippen LogP contribution in [0.5, 0.6) is 0 Å². The Morgan fingerprint density at radius 2 is 1.62 bits per heavy atom. The highest BCUT2D eigenvalue weighted by Crippen LogP contribution is 2.24. The first-order valence-electron chi connectivity index (χ1n) is 9.01. The minimum Gasteiger partial charge on any atom is -0.345 e. The van der Waals surface area contributed by atoms with E-state index >= 15 is 0 Å². The number of sulfonamides is 1. The Kier molecular flexibility index (Phi) is 6.25. The first-order valence-corrected chi connectivity index (χ1v) is 10.9. The zero-order valence-electron chi connectivity index (χ0n) is 16.0. The molecule has 3 aromatic rings. The molecule has 3 aromatic carbocycles. The Labute approximate surface area is 175 Å². The molecule has 0 heterocycles. The quantitative estimate of drug-likeness (QED) is 0.583. The van der Waals surface area contributed by atoms with Crippen LogP contribution in [0, 0.1) is 6.92 Å². The average molecular weight is 429 g/mol. The van der Waals surface area contributed by atoms with Crippen molar-refractivity contribution in [3.63, 3.8) is 0 Å². The summed E-state index contributed by atoms with van der Waals surface area (Å²) in [5.41, 5.74) is 2.49. The van der Waals surface area contributed by atoms with E-state index < -0.39 is 10.0 Å². The number of nitrogens with one attached hydrogen (secondary N) is 2. The first-order chi connectivity index (χ1) is 13.8. The van der Waals surface area contributed by atoms with Crippen LogP contribution in [0.4, 0.5) is 5.69 Å². The van der Waals surface area contributed by atoms with Gasteiger partial charge in [0.05, 0.1) is 27.2 Å². The van der Waals surface area contributed by atoms with Crippen molar-refractivity contribution in [3.05, 3.63) is 94.5 Å². The van der Waals surface area contributed by atoms with E-state index in [2.05, 4.69) is 10.0 Å². The topological polar surface area (TPSA) is 75.3 Å². The van der Waals surface area contributed by atoms with E-state index in [1.54, 1.807) is 12.1 Å². The van der Waals surface area contributed by atoms with Gasteiger partial charge in [0.1, 0.15) is 0 Å². The van der Waals surface area contributed by atoms with Crippen molar-refractivity contribution < 1.29 is 13.2 Å². The lowest BCUT2D eigenvalue weighted by molar-refractivity contribution is 0.0940. The minimum atomic E-state index is -3.74. The number of rotatable bonds is 6. The summed E-state index contributed by atoms with van der Waals surface area (Å²) < 4.78 is 27.5. The van der Waals surface area contributed by atoms with Gasteiger partial charge in [-0.2, -0.15) is 0 Å². The van der Waals surface area contributed by atoms with Gasteiger partial charge in [0, 0.05) is 0 Å². The van der Waals surface area contributed by atoms with Gasteiger partial charge in [0.25, 0.3) is 15.9 Å². The van der Waals surface area contributed by atoms with Crippen LogP contribution in [0.2, 0.25) is 5.02 Å². The molecule has 29 heavy (non-hydrogen) atoms. The highest BCUT2D eigenvalue weighted by molar-refractivity contribution is 7.92. The molecule has 0 aliphatic rings. The summed E-state index contributed by atoms with van der Waals surface area (Å²) in [6.45, 7) is 3.76. The molecule has 150 valence electrons. The molecule has 3 rings (SSSR count). The lowest BCUT2D eigenvalue weighted by Gasteiger charge is -2.15. The monoisotopic (exact) mass is 428 g/mol. The van der Waals surface area contributed by atoms with Gasteiger partial charge in [-0.05, 0) is 49.7 Å². The fraction of sp³-hybridized carbons (Fsp3) is 0.136. The summed E-state index contributed by atoms with van der Waals surface area (Å²) >= 11 is 6.25. The molecule has 2 N–H and O–H groups in total. The largest absolute Gasteiger partial charge is 0.345 e. The van der Waals surface area contributed by atoms with Gasteiger partial charge >= 0.3 is 0 Å². The van der Waals surface area contributed by atoms with E-state index in [1.165, 1.54) is 30.3 Å². The molecule has 5 nitrogen and oxygen atoms in total. The van der Waals surface area contributed by atoms with Gasteiger partial charge < -0.3 is 5.32 Å². The summed E-state index contributed by atoms with van der Waals surface area (Å²) in [7, 11) is -3.74. The number of hydrogen-bond donors (Lipinski definition) is 2. The Morgan fingerprint density at radius 3 is 2.24 bits per heavy atom. The van der Waals surface area contributed by atoms with Gasteiger partial charge in [-0.3, -0.25) is 9.52 Å². The lowest BCUT2D eigenvalue weighted by atomic mass is 10.1. The standard InChI is InChI=1S/C22H21ClN2O3S/c1-15-8-11-19(12-9-15)29(27,28)25-18-10-13-20(21(23)14-18)22(26)24-16(2)17-6-4-3-5-7-17/h3-14,16,25H,1-2H3,(H,24,26)/t16-/m1/s1. The first kappa shape index (κ1) is 20.9. The third kappa shape index (κ3) is 5.16. The van der Waals surface area contributed by atoms with Crippen molar-refractivity contribution in [2.24, 2.45) is 0 Å². The third-order valence-corrected chi connectivity index (χ3v) is 6.15. The zero-order chi connectivity index (χ0) is 21.0. The molecule has 0 bridgehead atoms. The van der Waals surface area contributed by atoms with E-state index in [-0.39, 0.29) is 33.1 Å². The molecule has 0 radical (unpaired) electrons. The van der Waals surface area contributed by atoms with Crippen molar-refractivity contribution in [1.82, 2.24) is 5.32 Å². The van der Waals surface area contributed by atoms with Crippen molar-refractivity contribution in [1.29, 1.82) is 0 Å². The van der Waals surface area contributed by atoms with Crippen LogP contribution in [-0.4, -0.2) is 14.3 Å². The lowest BCUT2D eigenvalue weighted by Crippen LogP contribution is -2.26. The van der Waals surface area contributed by atoms with Gasteiger partial charge in [0.15, 0.2) is 0 Å². The molecule has 0 spiro atoms. The average Bonchev–Trinajstić information content (AvgIpc) is 2.68. The fourth-order valence-electron chi connectivity index (χ4n) is 2.79. The molecule has 0 saturated heterocycles. The molecule has 0 aromatic heterocycles. The number of carbonyl (C=O) groups is 1. The predicted octanol–water partition coefficient (Wildman–Crippen LogP) is 4.94. The van der Waals surface area contributed by atoms with Gasteiger partial charge in [-0.15, -0.1) is 0 Å². The highest BCUT2D eigenvalue weighted by Gasteiger charge is 2.17. The molecule has 0 fully saturated rings. The second-order valence-electron chi connectivity index (χ2n) is 6.72. The van der Waals surface area contributed by atoms with E-state index in [4.69, 9.17) is 11.6 Å². The smallest absolute Gasteiger partial charge is 0.261 e. The molecular formula is C22H21ClN2O3S. The van der Waals surface area contributed by atoms with Crippen LogP contribution < -0.4 is 10.0 Å². The molecule has 0 aliphatic carbocycles. The molecule has 1 amide bonds. The summed E-state index contributed by atoms with van der Waals surface area (Å²) in [4.78, 5) is 12.7. The van der Waals surface area contributed by atoms with Crippen LogP contribution in [0.3, 0.4) is 0 Å². The van der Waals surface area contributed by atoms with Crippen LogP contribution in [0.1, 0.15) is 34.5 Å². The van der Waals surface area contributed by atoms with Crippen LogP contribution in [0.25, 0.3) is 0 Å². The molecular weight excluding hydrogens is 408 g/mol. The maximum atomic E-state index is 12.6. The van der Waals surface area contributed by atoms with Crippen LogP contribution >= 0.6 is 11.6 Å².